The Bertz CT molecular complexity index is 479. The molecule has 1 heterocycles. The molecule has 4 nitrogen and oxygen atoms in total. The Morgan fingerprint density at radius 1 is 1.25 bits per heavy atom. The molecule has 0 saturated carbocycles. The normalized spacial score (nSPS) is 18.9. The Morgan fingerprint density at radius 2 is 1.90 bits per heavy atom. The van der Waals surface area contributed by atoms with Crippen LogP contribution in [-0.2, 0) is 11.2 Å². The second-order valence-electron chi connectivity index (χ2n) is 5.83. The van der Waals surface area contributed by atoms with Crippen molar-refractivity contribution in [3.8, 4) is 0 Å². The summed E-state index contributed by atoms with van der Waals surface area (Å²) in [6.45, 7) is 7.67. The number of hydrogen-bond donors (Lipinski definition) is 1. The number of piperazine rings is 1. The first-order valence-electron chi connectivity index (χ1n) is 7.19. The minimum Gasteiger partial charge on any atom is -0.480 e. The number of rotatable bonds is 4. The van der Waals surface area contributed by atoms with Gasteiger partial charge in [0.15, 0.2) is 0 Å². The van der Waals surface area contributed by atoms with E-state index in [0.717, 1.165) is 31.7 Å². The first-order chi connectivity index (χ1) is 9.47. The summed E-state index contributed by atoms with van der Waals surface area (Å²) < 4.78 is 0. The van der Waals surface area contributed by atoms with Gasteiger partial charge in [0.05, 0.1) is 0 Å². The van der Waals surface area contributed by atoms with Gasteiger partial charge in [-0.3, -0.25) is 9.69 Å². The van der Waals surface area contributed by atoms with Gasteiger partial charge in [0.1, 0.15) is 6.04 Å². The molecule has 1 aliphatic rings. The van der Waals surface area contributed by atoms with E-state index in [9.17, 15) is 9.90 Å². The number of nitrogens with zero attached hydrogens (tertiary/aromatic N) is 2. The van der Waals surface area contributed by atoms with Crippen LogP contribution >= 0.6 is 0 Å². The van der Waals surface area contributed by atoms with E-state index in [2.05, 4.69) is 48.9 Å². The SMILES string of the molecule is Cc1ccc(CC(C(=O)O)N2CCN(C)CC2)c(C)c1. The summed E-state index contributed by atoms with van der Waals surface area (Å²) in [7, 11) is 2.08. The lowest BCUT2D eigenvalue weighted by molar-refractivity contribution is -0.144. The summed E-state index contributed by atoms with van der Waals surface area (Å²) in [5.74, 6) is -0.713. The van der Waals surface area contributed by atoms with Gasteiger partial charge >= 0.3 is 5.97 Å². The summed E-state index contributed by atoms with van der Waals surface area (Å²) in [6, 6.07) is 5.84. The zero-order valence-electron chi connectivity index (χ0n) is 12.6. The van der Waals surface area contributed by atoms with Crippen LogP contribution in [0.5, 0.6) is 0 Å². The van der Waals surface area contributed by atoms with Crippen molar-refractivity contribution in [3.63, 3.8) is 0 Å². The van der Waals surface area contributed by atoms with Crippen LogP contribution in [0, 0.1) is 13.8 Å². The van der Waals surface area contributed by atoms with Crippen molar-refractivity contribution < 1.29 is 9.90 Å². The average molecular weight is 276 g/mol. The highest BCUT2D eigenvalue weighted by Gasteiger charge is 2.28. The number of carboxylic acids is 1. The number of hydrogen-bond acceptors (Lipinski definition) is 3. The molecule has 1 atom stereocenters. The number of carbonyl (C=O) groups is 1. The quantitative estimate of drug-likeness (QED) is 0.906. The zero-order valence-corrected chi connectivity index (χ0v) is 12.6. The molecule has 0 aliphatic carbocycles. The summed E-state index contributed by atoms with van der Waals surface area (Å²) in [5.41, 5.74) is 3.55. The molecule has 1 saturated heterocycles. The zero-order chi connectivity index (χ0) is 14.7. The lowest BCUT2D eigenvalue weighted by atomic mass is 9.98. The smallest absolute Gasteiger partial charge is 0.321 e. The Morgan fingerprint density at radius 3 is 2.45 bits per heavy atom. The highest BCUT2D eigenvalue weighted by molar-refractivity contribution is 5.74. The van der Waals surface area contributed by atoms with E-state index in [1.54, 1.807) is 0 Å². The van der Waals surface area contributed by atoms with Crippen molar-refractivity contribution in [2.45, 2.75) is 26.3 Å². The molecular weight excluding hydrogens is 252 g/mol. The van der Waals surface area contributed by atoms with Crippen LogP contribution in [0.4, 0.5) is 0 Å². The molecule has 1 unspecified atom stereocenters. The number of benzene rings is 1. The third kappa shape index (κ3) is 3.58. The van der Waals surface area contributed by atoms with E-state index in [0.29, 0.717) is 6.42 Å². The van der Waals surface area contributed by atoms with Crippen LogP contribution in [-0.4, -0.2) is 60.1 Å². The molecule has 4 heteroatoms. The van der Waals surface area contributed by atoms with Crippen molar-refractivity contribution >= 4 is 5.97 Å². The number of carboxylic acid groups (broad SMARTS) is 1. The first kappa shape index (κ1) is 15.0. The minimum absolute atomic E-state index is 0.412. The number of likely N-dealkylation sites (N-methyl/N-ethyl adjacent to an activating group) is 1. The molecule has 1 aromatic rings. The highest BCUT2D eigenvalue weighted by atomic mass is 16.4. The number of aryl methyl sites for hydroxylation is 2. The molecule has 2 rings (SSSR count). The van der Waals surface area contributed by atoms with Crippen LogP contribution in [0.2, 0.25) is 0 Å². The van der Waals surface area contributed by atoms with Crippen molar-refractivity contribution in [3.05, 3.63) is 34.9 Å². The molecule has 110 valence electrons. The van der Waals surface area contributed by atoms with E-state index in [4.69, 9.17) is 0 Å². The molecule has 1 N–H and O–H groups in total. The van der Waals surface area contributed by atoms with E-state index in [1.165, 1.54) is 11.1 Å². The maximum absolute atomic E-state index is 11.6. The largest absolute Gasteiger partial charge is 0.480 e. The van der Waals surface area contributed by atoms with Crippen LogP contribution in [0.1, 0.15) is 16.7 Å². The number of aliphatic carboxylic acids is 1. The summed E-state index contributed by atoms with van der Waals surface area (Å²) in [6.07, 6.45) is 0.588. The molecular formula is C16H24N2O2. The molecule has 0 spiro atoms. The summed E-state index contributed by atoms with van der Waals surface area (Å²) in [4.78, 5) is 15.9. The molecule has 0 aromatic heterocycles. The fourth-order valence-corrected chi connectivity index (χ4v) is 2.79. The second kappa shape index (κ2) is 6.37. The van der Waals surface area contributed by atoms with Crippen molar-refractivity contribution in [1.82, 2.24) is 9.80 Å². The lowest BCUT2D eigenvalue weighted by Crippen LogP contribution is -2.52. The third-order valence-corrected chi connectivity index (χ3v) is 4.18. The van der Waals surface area contributed by atoms with Gasteiger partial charge in [0, 0.05) is 26.2 Å². The second-order valence-corrected chi connectivity index (χ2v) is 5.83. The predicted octanol–water partition coefficient (Wildman–Crippen LogP) is 1.55. The van der Waals surface area contributed by atoms with Gasteiger partial charge in [-0.2, -0.15) is 0 Å². The summed E-state index contributed by atoms with van der Waals surface area (Å²) >= 11 is 0. The van der Waals surface area contributed by atoms with Crippen molar-refractivity contribution in [2.24, 2.45) is 0 Å². The standard InChI is InChI=1S/C16H24N2O2/c1-12-4-5-14(13(2)10-12)11-15(16(19)20)18-8-6-17(3)7-9-18/h4-5,10,15H,6-9,11H2,1-3H3,(H,19,20). The maximum Gasteiger partial charge on any atom is 0.321 e. The Labute approximate surface area is 121 Å². The summed E-state index contributed by atoms with van der Waals surface area (Å²) in [5, 5.41) is 9.54. The van der Waals surface area contributed by atoms with E-state index >= 15 is 0 Å². The Hall–Kier alpha value is -1.39. The van der Waals surface area contributed by atoms with E-state index in [1.807, 2.05) is 0 Å². The third-order valence-electron chi connectivity index (χ3n) is 4.18. The first-order valence-corrected chi connectivity index (χ1v) is 7.19. The fourth-order valence-electron chi connectivity index (χ4n) is 2.79. The van der Waals surface area contributed by atoms with Crippen molar-refractivity contribution in [2.75, 3.05) is 33.2 Å². The topological polar surface area (TPSA) is 43.8 Å². The van der Waals surface area contributed by atoms with Gasteiger partial charge in [0.25, 0.3) is 0 Å². The minimum atomic E-state index is -0.713. The lowest BCUT2D eigenvalue weighted by Gasteiger charge is -2.36. The van der Waals surface area contributed by atoms with E-state index < -0.39 is 12.0 Å². The molecule has 1 fully saturated rings. The van der Waals surface area contributed by atoms with Crippen LogP contribution < -0.4 is 0 Å². The van der Waals surface area contributed by atoms with Crippen molar-refractivity contribution in [1.29, 1.82) is 0 Å². The molecule has 0 amide bonds. The highest BCUT2D eigenvalue weighted by Crippen LogP contribution is 2.16. The fraction of sp³-hybridized carbons (Fsp3) is 0.562. The van der Waals surface area contributed by atoms with Crippen LogP contribution in [0.15, 0.2) is 18.2 Å². The van der Waals surface area contributed by atoms with Gasteiger partial charge in [-0.1, -0.05) is 23.8 Å². The van der Waals surface area contributed by atoms with Gasteiger partial charge in [0.2, 0.25) is 0 Å². The van der Waals surface area contributed by atoms with Crippen LogP contribution in [0.25, 0.3) is 0 Å². The van der Waals surface area contributed by atoms with Gasteiger partial charge in [-0.15, -0.1) is 0 Å². The molecule has 0 bridgehead atoms. The molecule has 1 aromatic carbocycles. The average Bonchev–Trinajstić information content (AvgIpc) is 2.39. The molecule has 0 radical (unpaired) electrons. The Kier molecular flexibility index (Phi) is 4.78. The van der Waals surface area contributed by atoms with Crippen LogP contribution in [0.3, 0.4) is 0 Å². The molecule has 20 heavy (non-hydrogen) atoms. The maximum atomic E-state index is 11.6. The van der Waals surface area contributed by atoms with Gasteiger partial charge in [-0.05, 0) is 38.4 Å². The monoisotopic (exact) mass is 276 g/mol. The molecule has 1 aliphatic heterocycles. The Balaban J connectivity index is 2.11. The van der Waals surface area contributed by atoms with Gasteiger partial charge in [-0.25, -0.2) is 0 Å². The van der Waals surface area contributed by atoms with E-state index in [-0.39, 0.29) is 0 Å². The van der Waals surface area contributed by atoms with Gasteiger partial charge < -0.3 is 10.0 Å². The predicted molar refractivity (Wildman–Crippen MR) is 80.1 cm³/mol.